The van der Waals surface area contributed by atoms with E-state index in [0.717, 1.165) is 11.4 Å². The second-order valence-electron chi connectivity index (χ2n) is 6.13. The third kappa shape index (κ3) is 3.96. The third-order valence-corrected chi connectivity index (χ3v) is 4.50. The SMILES string of the molecule is COc1ccc(C=Cc2nc(C3CCCCCC3)no2)cc1OC. The minimum absolute atomic E-state index is 0.444. The molecule has 1 aliphatic rings. The molecular weight excluding hydrogens is 304 g/mol. The van der Waals surface area contributed by atoms with Crippen LogP contribution in [0.25, 0.3) is 12.2 Å². The summed E-state index contributed by atoms with van der Waals surface area (Å²) >= 11 is 0. The van der Waals surface area contributed by atoms with Crippen LogP contribution in [0.15, 0.2) is 22.7 Å². The van der Waals surface area contributed by atoms with E-state index in [2.05, 4.69) is 10.1 Å². The smallest absolute Gasteiger partial charge is 0.250 e. The van der Waals surface area contributed by atoms with Crippen LogP contribution < -0.4 is 9.47 Å². The number of benzene rings is 1. The molecule has 0 atom stereocenters. The minimum Gasteiger partial charge on any atom is -0.493 e. The van der Waals surface area contributed by atoms with Crippen molar-refractivity contribution in [1.29, 1.82) is 0 Å². The molecule has 1 aliphatic carbocycles. The molecule has 5 heteroatoms. The fourth-order valence-electron chi connectivity index (χ4n) is 3.14. The van der Waals surface area contributed by atoms with Gasteiger partial charge in [-0.2, -0.15) is 4.98 Å². The van der Waals surface area contributed by atoms with Gasteiger partial charge in [-0.25, -0.2) is 0 Å². The predicted octanol–water partition coefficient (Wildman–Crippen LogP) is 4.70. The number of rotatable bonds is 5. The van der Waals surface area contributed by atoms with Gasteiger partial charge in [0, 0.05) is 12.0 Å². The Labute approximate surface area is 142 Å². The largest absolute Gasteiger partial charge is 0.493 e. The molecule has 0 bridgehead atoms. The molecule has 0 aliphatic heterocycles. The van der Waals surface area contributed by atoms with Gasteiger partial charge in [0.1, 0.15) is 0 Å². The second kappa shape index (κ2) is 7.99. The van der Waals surface area contributed by atoms with E-state index < -0.39 is 0 Å². The van der Waals surface area contributed by atoms with Crippen LogP contribution in [-0.4, -0.2) is 24.4 Å². The van der Waals surface area contributed by atoms with E-state index in [-0.39, 0.29) is 0 Å². The minimum atomic E-state index is 0.444. The Bertz CT molecular complexity index is 686. The Morgan fingerprint density at radius 2 is 1.75 bits per heavy atom. The first-order valence-electron chi connectivity index (χ1n) is 8.54. The lowest BCUT2D eigenvalue weighted by Crippen LogP contribution is -1.99. The summed E-state index contributed by atoms with van der Waals surface area (Å²) in [6, 6.07) is 5.75. The van der Waals surface area contributed by atoms with Crippen molar-refractivity contribution in [3.63, 3.8) is 0 Å². The zero-order valence-electron chi connectivity index (χ0n) is 14.3. The van der Waals surface area contributed by atoms with Gasteiger partial charge in [0.2, 0.25) is 0 Å². The van der Waals surface area contributed by atoms with E-state index in [1.807, 2.05) is 30.4 Å². The fourth-order valence-corrected chi connectivity index (χ4v) is 3.14. The van der Waals surface area contributed by atoms with Gasteiger partial charge in [-0.3, -0.25) is 0 Å². The quantitative estimate of drug-likeness (QED) is 0.745. The van der Waals surface area contributed by atoms with Crippen LogP contribution in [-0.2, 0) is 0 Å². The van der Waals surface area contributed by atoms with E-state index in [9.17, 15) is 0 Å². The molecule has 1 heterocycles. The van der Waals surface area contributed by atoms with Gasteiger partial charge in [0.25, 0.3) is 5.89 Å². The lowest BCUT2D eigenvalue weighted by molar-refractivity contribution is 0.355. The average molecular weight is 328 g/mol. The lowest BCUT2D eigenvalue weighted by atomic mass is 10.00. The van der Waals surface area contributed by atoms with Crippen molar-refractivity contribution in [3.8, 4) is 11.5 Å². The molecule has 1 aromatic carbocycles. The van der Waals surface area contributed by atoms with Crippen LogP contribution in [0.4, 0.5) is 0 Å². The Morgan fingerprint density at radius 1 is 1.00 bits per heavy atom. The fraction of sp³-hybridized carbons (Fsp3) is 0.474. The molecule has 3 rings (SSSR count). The summed E-state index contributed by atoms with van der Waals surface area (Å²) < 4.78 is 15.9. The first kappa shape index (κ1) is 16.6. The number of ether oxygens (including phenoxy) is 2. The molecule has 0 spiro atoms. The van der Waals surface area contributed by atoms with Crippen molar-refractivity contribution in [1.82, 2.24) is 10.1 Å². The third-order valence-electron chi connectivity index (χ3n) is 4.50. The maximum absolute atomic E-state index is 5.38. The summed E-state index contributed by atoms with van der Waals surface area (Å²) in [5.41, 5.74) is 0.988. The molecule has 0 amide bonds. The summed E-state index contributed by atoms with van der Waals surface area (Å²) in [5.74, 6) is 3.25. The van der Waals surface area contributed by atoms with Crippen LogP contribution in [0, 0.1) is 0 Å². The molecule has 0 radical (unpaired) electrons. The Balaban J connectivity index is 1.70. The number of methoxy groups -OCH3 is 2. The molecular formula is C19H24N2O3. The summed E-state index contributed by atoms with van der Waals surface area (Å²) in [5, 5.41) is 4.17. The van der Waals surface area contributed by atoms with Crippen LogP contribution in [0.1, 0.15) is 61.7 Å². The number of hydrogen-bond acceptors (Lipinski definition) is 5. The van der Waals surface area contributed by atoms with Crippen molar-refractivity contribution < 1.29 is 14.0 Å². The molecule has 5 nitrogen and oxygen atoms in total. The summed E-state index contributed by atoms with van der Waals surface area (Å²) in [7, 11) is 3.25. The van der Waals surface area contributed by atoms with E-state index >= 15 is 0 Å². The van der Waals surface area contributed by atoms with Gasteiger partial charge in [0.05, 0.1) is 14.2 Å². The van der Waals surface area contributed by atoms with Crippen molar-refractivity contribution >= 4 is 12.2 Å². The molecule has 0 saturated heterocycles. The average Bonchev–Trinajstić information content (AvgIpc) is 2.93. The maximum Gasteiger partial charge on any atom is 0.250 e. The molecule has 0 N–H and O–H groups in total. The molecule has 1 saturated carbocycles. The highest BCUT2D eigenvalue weighted by atomic mass is 16.5. The second-order valence-corrected chi connectivity index (χ2v) is 6.13. The number of hydrogen-bond donors (Lipinski definition) is 0. The predicted molar refractivity (Wildman–Crippen MR) is 93.2 cm³/mol. The van der Waals surface area contributed by atoms with Crippen LogP contribution >= 0.6 is 0 Å². The maximum atomic E-state index is 5.38. The van der Waals surface area contributed by atoms with Crippen LogP contribution in [0.2, 0.25) is 0 Å². The van der Waals surface area contributed by atoms with Gasteiger partial charge in [-0.15, -0.1) is 0 Å². The first-order valence-corrected chi connectivity index (χ1v) is 8.54. The highest BCUT2D eigenvalue weighted by Gasteiger charge is 2.19. The normalized spacial score (nSPS) is 16.2. The van der Waals surface area contributed by atoms with E-state index in [0.29, 0.717) is 23.3 Å². The highest BCUT2D eigenvalue weighted by molar-refractivity contribution is 5.67. The monoisotopic (exact) mass is 328 g/mol. The molecule has 24 heavy (non-hydrogen) atoms. The van der Waals surface area contributed by atoms with E-state index in [1.54, 1.807) is 14.2 Å². The number of nitrogens with zero attached hydrogens (tertiary/aromatic N) is 2. The van der Waals surface area contributed by atoms with Gasteiger partial charge in [0.15, 0.2) is 17.3 Å². The Kier molecular flexibility index (Phi) is 5.51. The molecule has 0 unspecified atom stereocenters. The zero-order valence-corrected chi connectivity index (χ0v) is 14.3. The molecule has 2 aromatic rings. The summed E-state index contributed by atoms with van der Waals surface area (Å²) in [6.45, 7) is 0. The Morgan fingerprint density at radius 3 is 2.46 bits per heavy atom. The van der Waals surface area contributed by atoms with Crippen molar-refractivity contribution in [2.75, 3.05) is 14.2 Å². The van der Waals surface area contributed by atoms with Gasteiger partial charge in [-0.05, 0) is 36.6 Å². The Hall–Kier alpha value is -2.30. The topological polar surface area (TPSA) is 57.4 Å². The van der Waals surface area contributed by atoms with Crippen molar-refractivity contribution in [2.24, 2.45) is 0 Å². The van der Waals surface area contributed by atoms with Crippen LogP contribution in [0.3, 0.4) is 0 Å². The molecule has 128 valence electrons. The number of aromatic nitrogens is 2. The lowest BCUT2D eigenvalue weighted by Gasteiger charge is -2.07. The van der Waals surface area contributed by atoms with Crippen LogP contribution in [0.5, 0.6) is 11.5 Å². The van der Waals surface area contributed by atoms with E-state index in [1.165, 1.54) is 38.5 Å². The standard InChI is InChI=1S/C19H24N2O3/c1-22-16-11-9-14(13-17(16)23-2)10-12-18-20-19(21-24-18)15-7-5-3-4-6-8-15/h9-13,15H,3-8H2,1-2H3. The van der Waals surface area contributed by atoms with Crippen molar-refractivity contribution in [3.05, 3.63) is 35.5 Å². The van der Waals surface area contributed by atoms with Gasteiger partial charge >= 0.3 is 0 Å². The molecule has 1 fully saturated rings. The van der Waals surface area contributed by atoms with Gasteiger partial charge in [-0.1, -0.05) is 36.9 Å². The zero-order chi connectivity index (χ0) is 16.8. The van der Waals surface area contributed by atoms with Gasteiger partial charge < -0.3 is 14.0 Å². The summed E-state index contributed by atoms with van der Waals surface area (Å²) in [6.07, 6.45) is 11.3. The van der Waals surface area contributed by atoms with Crippen molar-refractivity contribution in [2.45, 2.75) is 44.4 Å². The van der Waals surface area contributed by atoms with E-state index in [4.69, 9.17) is 14.0 Å². The first-order chi connectivity index (χ1) is 11.8. The highest BCUT2D eigenvalue weighted by Crippen LogP contribution is 2.30. The summed E-state index contributed by atoms with van der Waals surface area (Å²) in [4.78, 5) is 4.55. The molecule has 1 aromatic heterocycles.